The molecule has 0 atom stereocenters. The van der Waals surface area contributed by atoms with Gasteiger partial charge in [0.15, 0.2) is 0 Å². The average molecular weight is 460 g/mol. The van der Waals surface area contributed by atoms with Crippen molar-refractivity contribution in [1.29, 1.82) is 0 Å². The van der Waals surface area contributed by atoms with Crippen LogP contribution in [0.15, 0.2) is 67.1 Å². The third kappa shape index (κ3) is 5.29. The van der Waals surface area contributed by atoms with Gasteiger partial charge in [-0.3, -0.25) is 4.79 Å². The van der Waals surface area contributed by atoms with Crippen LogP contribution in [-0.2, 0) is 6.42 Å². The minimum Gasteiger partial charge on any atom is -0.357 e. The molecule has 0 saturated carbocycles. The number of amides is 1. The molecular formula is C26H26ClN5O. The van der Waals surface area contributed by atoms with Crippen LogP contribution in [0.25, 0.3) is 22.0 Å². The van der Waals surface area contributed by atoms with E-state index in [4.69, 9.17) is 11.6 Å². The van der Waals surface area contributed by atoms with Crippen molar-refractivity contribution in [3.05, 3.63) is 83.4 Å². The number of fused-ring (bicyclic) bond motifs is 1. The Morgan fingerprint density at radius 2 is 1.79 bits per heavy atom. The first-order valence-electron chi connectivity index (χ1n) is 11.1. The molecule has 4 aromatic rings. The zero-order valence-electron chi connectivity index (χ0n) is 18.8. The molecule has 0 fully saturated rings. The molecule has 0 bridgehead atoms. The second-order valence-corrected chi connectivity index (χ2v) is 8.06. The van der Waals surface area contributed by atoms with Crippen molar-refractivity contribution in [2.75, 3.05) is 24.5 Å². The van der Waals surface area contributed by atoms with Crippen molar-refractivity contribution >= 4 is 34.2 Å². The van der Waals surface area contributed by atoms with Crippen LogP contribution in [-0.4, -0.2) is 40.5 Å². The van der Waals surface area contributed by atoms with Crippen molar-refractivity contribution in [2.45, 2.75) is 20.3 Å². The van der Waals surface area contributed by atoms with Gasteiger partial charge in [-0.1, -0.05) is 41.9 Å². The van der Waals surface area contributed by atoms with Gasteiger partial charge in [-0.25, -0.2) is 15.0 Å². The summed E-state index contributed by atoms with van der Waals surface area (Å²) in [5, 5.41) is 4.36. The number of carbonyl (C=O) groups is 1. The number of rotatable bonds is 8. The summed E-state index contributed by atoms with van der Waals surface area (Å²) >= 11 is 5.78. The minimum atomic E-state index is -0.159. The van der Waals surface area contributed by atoms with Gasteiger partial charge in [0.2, 0.25) is 0 Å². The number of pyridine rings is 1. The Hall–Kier alpha value is -3.51. The topological polar surface area (TPSA) is 71.0 Å². The summed E-state index contributed by atoms with van der Waals surface area (Å²) in [6.07, 6.45) is 3.83. The number of aromatic nitrogens is 3. The lowest BCUT2D eigenvalue weighted by molar-refractivity contribution is 0.0954. The molecule has 168 valence electrons. The number of halogens is 1. The molecule has 0 aliphatic carbocycles. The van der Waals surface area contributed by atoms with Gasteiger partial charge in [-0.15, -0.1) is 0 Å². The zero-order chi connectivity index (χ0) is 23.2. The molecule has 0 unspecified atom stereocenters. The van der Waals surface area contributed by atoms with Crippen LogP contribution < -0.4 is 10.2 Å². The van der Waals surface area contributed by atoms with Crippen LogP contribution in [0.4, 0.5) is 5.82 Å². The first kappa shape index (κ1) is 22.7. The van der Waals surface area contributed by atoms with Crippen molar-refractivity contribution in [3.63, 3.8) is 0 Å². The van der Waals surface area contributed by atoms with E-state index in [1.807, 2.05) is 12.1 Å². The molecule has 0 aliphatic rings. The lowest BCUT2D eigenvalue weighted by Gasteiger charge is -2.21. The van der Waals surface area contributed by atoms with Crippen LogP contribution >= 0.6 is 11.6 Å². The number of hydrogen-bond acceptors (Lipinski definition) is 5. The number of carbonyl (C=O) groups excluding carboxylic acids is 1. The highest BCUT2D eigenvalue weighted by Crippen LogP contribution is 2.29. The van der Waals surface area contributed by atoms with Gasteiger partial charge in [0.1, 0.15) is 17.3 Å². The Morgan fingerprint density at radius 3 is 2.55 bits per heavy atom. The predicted molar refractivity (Wildman–Crippen MR) is 134 cm³/mol. The summed E-state index contributed by atoms with van der Waals surface area (Å²) in [7, 11) is 0. The van der Waals surface area contributed by atoms with E-state index >= 15 is 0 Å². The van der Waals surface area contributed by atoms with Crippen LogP contribution in [0.5, 0.6) is 0 Å². The molecule has 33 heavy (non-hydrogen) atoms. The highest BCUT2D eigenvalue weighted by atomic mass is 35.5. The fourth-order valence-electron chi connectivity index (χ4n) is 3.84. The SMILES string of the molecule is CCN(CC)c1ncnc2ccc(-c3cccc(CCNC(=O)c4ccc(Cl)nc4)c3)cc12. The largest absolute Gasteiger partial charge is 0.357 e. The van der Waals surface area contributed by atoms with Crippen LogP contribution in [0, 0.1) is 0 Å². The molecule has 2 aromatic heterocycles. The van der Waals surface area contributed by atoms with E-state index in [0.717, 1.165) is 52.9 Å². The van der Waals surface area contributed by atoms with E-state index < -0.39 is 0 Å². The van der Waals surface area contributed by atoms with Crippen LogP contribution in [0.2, 0.25) is 5.15 Å². The maximum Gasteiger partial charge on any atom is 0.252 e. The van der Waals surface area contributed by atoms with Gasteiger partial charge in [0.05, 0.1) is 11.1 Å². The maximum absolute atomic E-state index is 12.3. The Bertz CT molecular complexity index is 1260. The summed E-state index contributed by atoms with van der Waals surface area (Å²) in [4.78, 5) is 27.5. The second kappa shape index (κ2) is 10.4. The van der Waals surface area contributed by atoms with Gasteiger partial charge < -0.3 is 10.2 Å². The van der Waals surface area contributed by atoms with E-state index in [9.17, 15) is 4.79 Å². The number of benzene rings is 2. The van der Waals surface area contributed by atoms with Gasteiger partial charge in [-0.05, 0) is 61.2 Å². The quantitative estimate of drug-likeness (QED) is 0.368. The predicted octanol–water partition coefficient (Wildman–Crippen LogP) is 5.16. The highest BCUT2D eigenvalue weighted by Gasteiger charge is 2.11. The maximum atomic E-state index is 12.3. The van der Waals surface area contributed by atoms with E-state index in [1.165, 1.54) is 6.20 Å². The fraction of sp³-hybridized carbons (Fsp3) is 0.231. The number of anilines is 1. The first-order chi connectivity index (χ1) is 16.1. The molecule has 2 heterocycles. The smallest absolute Gasteiger partial charge is 0.252 e. The fourth-order valence-corrected chi connectivity index (χ4v) is 3.95. The van der Waals surface area contributed by atoms with E-state index in [2.05, 4.69) is 69.3 Å². The van der Waals surface area contributed by atoms with Crippen molar-refractivity contribution < 1.29 is 4.79 Å². The van der Waals surface area contributed by atoms with Crippen molar-refractivity contribution in [3.8, 4) is 11.1 Å². The molecular weight excluding hydrogens is 434 g/mol. The van der Waals surface area contributed by atoms with Gasteiger partial charge in [0.25, 0.3) is 5.91 Å². The summed E-state index contributed by atoms with van der Waals surface area (Å²) in [5.41, 5.74) is 4.82. The summed E-state index contributed by atoms with van der Waals surface area (Å²) in [6, 6.07) is 18.0. The summed E-state index contributed by atoms with van der Waals surface area (Å²) < 4.78 is 0. The van der Waals surface area contributed by atoms with E-state index in [1.54, 1.807) is 18.5 Å². The standard InChI is InChI=1S/C26H26ClN5O/c1-3-32(4-2)25-22-15-20(8-10-23(22)30-17-31-25)19-7-5-6-18(14-19)12-13-28-26(33)21-9-11-24(27)29-16-21/h5-11,14-17H,3-4,12-13H2,1-2H3,(H,28,33). The monoisotopic (exact) mass is 459 g/mol. The third-order valence-electron chi connectivity index (χ3n) is 5.63. The first-order valence-corrected chi connectivity index (χ1v) is 11.5. The summed E-state index contributed by atoms with van der Waals surface area (Å²) in [5.74, 6) is 0.802. The van der Waals surface area contributed by atoms with Crippen LogP contribution in [0.1, 0.15) is 29.8 Å². The van der Waals surface area contributed by atoms with Gasteiger partial charge >= 0.3 is 0 Å². The molecule has 0 saturated heterocycles. The molecule has 1 N–H and O–H groups in total. The average Bonchev–Trinajstić information content (AvgIpc) is 2.85. The number of nitrogens with one attached hydrogen (secondary N) is 1. The van der Waals surface area contributed by atoms with E-state index in [0.29, 0.717) is 17.3 Å². The molecule has 2 aromatic carbocycles. The van der Waals surface area contributed by atoms with Gasteiger partial charge in [0, 0.05) is 31.2 Å². The lowest BCUT2D eigenvalue weighted by Crippen LogP contribution is -2.25. The summed E-state index contributed by atoms with van der Waals surface area (Å²) in [6.45, 7) is 6.57. The van der Waals surface area contributed by atoms with Crippen LogP contribution in [0.3, 0.4) is 0 Å². The second-order valence-electron chi connectivity index (χ2n) is 7.68. The Morgan fingerprint density at radius 1 is 0.970 bits per heavy atom. The minimum absolute atomic E-state index is 0.159. The molecule has 0 spiro atoms. The molecule has 7 heteroatoms. The van der Waals surface area contributed by atoms with Crippen molar-refractivity contribution in [1.82, 2.24) is 20.3 Å². The Balaban J connectivity index is 1.50. The molecule has 0 radical (unpaired) electrons. The Labute approximate surface area is 198 Å². The molecule has 4 rings (SSSR count). The highest BCUT2D eigenvalue weighted by molar-refractivity contribution is 6.29. The number of nitrogens with zero attached hydrogens (tertiary/aromatic N) is 4. The Kier molecular flexibility index (Phi) is 7.15. The molecule has 0 aliphatic heterocycles. The zero-order valence-corrected chi connectivity index (χ0v) is 19.5. The van der Waals surface area contributed by atoms with E-state index in [-0.39, 0.29) is 5.91 Å². The lowest BCUT2D eigenvalue weighted by atomic mass is 10.00. The number of hydrogen-bond donors (Lipinski definition) is 1. The molecule has 1 amide bonds. The van der Waals surface area contributed by atoms with Crippen molar-refractivity contribution in [2.24, 2.45) is 0 Å². The molecule has 6 nitrogen and oxygen atoms in total. The third-order valence-corrected chi connectivity index (χ3v) is 5.85. The normalized spacial score (nSPS) is 10.9. The van der Waals surface area contributed by atoms with Gasteiger partial charge in [-0.2, -0.15) is 0 Å².